The van der Waals surface area contributed by atoms with Gasteiger partial charge in [0.15, 0.2) is 0 Å². The van der Waals surface area contributed by atoms with Crippen LogP contribution in [0.3, 0.4) is 0 Å². The van der Waals surface area contributed by atoms with Crippen LogP contribution in [-0.4, -0.2) is 19.0 Å². The van der Waals surface area contributed by atoms with Crippen molar-refractivity contribution in [3.05, 3.63) is 28.2 Å². The number of anilines is 1. The van der Waals surface area contributed by atoms with Crippen molar-refractivity contribution in [2.75, 3.05) is 18.4 Å². The van der Waals surface area contributed by atoms with E-state index in [4.69, 9.17) is 0 Å². The maximum Gasteiger partial charge on any atom is 0.239 e. The van der Waals surface area contributed by atoms with Gasteiger partial charge in [-0.3, -0.25) is 4.79 Å². The van der Waals surface area contributed by atoms with Crippen LogP contribution >= 0.6 is 15.9 Å². The molecule has 0 aliphatic heterocycles. The fraction of sp³-hybridized carbons (Fsp3) is 0.462. The second kappa shape index (κ2) is 7.33. The normalized spacial score (nSPS) is 10.1. The van der Waals surface area contributed by atoms with E-state index in [0.29, 0.717) is 6.54 Å². The van der Waals surface area contributed by atoms with Crippen molar-refractivity contribution in [3.63, 3.8) is 0 Å². The van der Waals surface area contributed by atoms with E-state index in [1.54, 1.807) is 0 Å². The minimum atomic E-state index is 0.0387. The molecule has 0 radical (unpaired) electrons. The van der Waals surface area contributed by atoms with E-state index in [-0.39, 0.29) is 5.91 Å². The Kier molecular flexibility index (Phi) is 6.05. The van der Waals surface area contributed by atoms with E-state index in [1.165, 1.54) is 5.56 Å². The molecule has 4 heteroatoms. The molecule has 1 aromatic carbocycles. The third-order valence-electron chi connectivity index (χ3n) is 2.46. The van der Waals surface area contributed by atoms with Crippen molar-refractivity contribution in [2.45, 2.75) is 26.7 Å². The van der Waals surface area contributed by atoms with E-state index in [2.05, 4.69) is 39.6 Å². The molecule has 0 unspecified atom stereocenters. The van der Waals surface area contributed by atoms with Crippen LogP contribution in [-0.2, 0) is 11.2 Å². The van der Waals surface area contributed by atoms with Crippen LogP contribution in [0.25, 0.3) is 0 Å². The molecule has 1 aromatic rings. The Morgan fingerprint density at radius 3 is 2.76 bits per heavy atom. The van der Waals surface area contributed by atoms with Gasteiger partial charge in [-0.1, -0.05) is 29.8 Å². The summed E-state index contributed by atoms with van der Waals surface area (Å²) in [6.45, 7) is 5.21. The van der Waals surface area contributed by atoms with Crippen LogP contribution in [0, 0.1) is 0 Å². The first-order valence-electron chi connectivity index (χ1n) is 5.96. The molecule has 0 aliphatic rings. The highest BCUT2D eigenvalue weighted by Crippen LogP contribution is 2.21. The number of carbonyl (C=O) groups is 1. The molecule has 0 aromatic heterocycles. The molecule has 1 amide bonds. The van der Waals surface area contributed by atoms with Gasteiger partial charge in [-0.05, 0) is 36.6 Å². The SMILES string of the molecule is CCCNC(=O)CNc1ccc(Br)cc1CC. The standard InChI is InChI=1S/C13H19BrN2O/c1-3-7-15-13(17)9-16-12-6-5-11(14)8-10(12)4-2/h5-6,8,16H,3-4,7,9H2,1-2H3,(H,15,17). The molecule has 0 heterocycles. The lowest BCUT2D eigenvalue weighted by Gasteiger charge is -2.11. The highest BCUT2D eigenvalue weighted by Gasteiger charge is 2.04. The average Bonchev–Trinajstić information content (AvgIpc) is 2.34. The Balaban J connectivity index is 2.54. The van der Waals surface area contributed by atoms with Gasteiger partial charge in [-0.15, -0.1) is 0 Å². The molecule has 3 nitrogen and oxygen atoms in total. The monoisotopic (exact) mass is 298 g/mol. The molecule has 0 atom stereocenters. The number of hydrogen-bond donors (Lipinski definition) is 2. The molecule has 0 aliphatic carbocycles. The minimum Gasteiger partial charge on any atom is -0.376 e. The smallest absolute Gasteiger partial charge is 0.239 e. The van der Waals surface area contributed by atoms with Gasteiger partial charge in [-0.2, -0.15) is 0 Å². The largest absolute Gasteiger partial charge is 0.376 e. The molecule has 0 bridgehead atoms. The van der Waals surface area contributed by atoms with E-state index < -0.39 is 0 Å². The summed E-state index contributed by atoms with van der Waals surface area (Å²) >= 11 is 3.44. The topological polar surface area (TPSA) is 41.1 Å². The lowest BCUT2D eigenvalue weighted by molar-refractivity contribution is -0.119. The summed E-state index contributed by atoms with van der Waals surface area (Å²) in [5, 5.41) is 6.01. The second-order valence-corrected chi connectivity index (χ2v) is 4.77. The summed E-state index contributed by atoms with van der Waals surface area (Å²) in [5.41, 5.74) is 2.24. The third-order valence-corrected chi connectivity index (χ3v) is 2.95. The fourth-order valence-corrected chi connectivity index (χ4v) is 1.94. The van der Waals surface area contributed by atoms with Gasteiger partial charge in [0.05, 0.1) is 6.54 Å². The maximum absolute atomic E-state index is 11.5. The van der Waals surface area contributed by atoms with Crippen molar-refractivity contribution in [3.8, 4) is 0 Å². The van der Waals surface area contributed by atoms with Gasteiger partial charge in [0, 0.05) is 16.7 Å². The highest BCUT2D eigenvalue weighted by molar-refractivity contribution is 9.10. The third kappa shape index (κ3) is 4.77. The number of halogens is 1. The van der Waals surface area contributed by atoms with E-state index in [1.807, 2.05) is 19.1 Å². The van der Waals surface area contributed by atoms with E-state index in [0.717, 1.165) is 29.5 Å². The van der Waals surface area contributed by atoms with Crippen molar-refractivity contribution < 1.29 is 4.79 Å². The number of rotatable bonds is 6. The van der Waals surface area contributed by atoms with Gasteiger partial charge >= 0.3 is 0 Å². The number of aryl methyl sites for hydroxylation is 1. The predicted molar refractivity (Wildman–Crippen MR) is 75.3 cm³/mol. The van der Waals surface area contributed by atoms with Gasteiger partial charge in [0.25, 0.3) is 0 Å². The van der Waals surface area contributed by atoms with Crippen LogP contribution in [0.15, 0.2) is 22.7 Å². The molecule has 94 valence electrons. The van der Waals surface area contributed by atoms with Gasteiger partial charge in [0.2, 0.25) is 5.91 Å². The van der Waals surface area contributed by atoms with Crippen LogP contribution in [0.2, 0.25) is 0 Å². The summed E-state index contributed by atoms with van der Waals surface area (Å²) in [7, 11) is 0. The van der Waals surface area contributed by atoms with Crippen molar-refractivity contribution in [1.29, 1.82) is 0 Å². The van der Waals surface area contributed by atoms with Crippen LogP contribution in [0.4, 0.5) is 5.69 Å². The number of benzene rings is 1. The first kappa shape index (κ1) is 14.0. The van der Waals surface area contributed by atoms with Gasteiger partial charge < -0.3 is 10.6 Å². The zero-order valence-electron chi connectivity index (χ0n) is 10.3. The molecular formula is C13H19BrN2O. The quantitative estimate of drug-likeness (QED) is 0.848. The Morgan fingerprint density at radius 1 is 1.35 bits per heavy atom. The summed E-state index contributed by atoms with van der Waals surface area (Å²) in [6, 6.07) is 6.05. The van der Waals surface area contributed by atoms with Gasteiger partial charge in [-0.25, -0.2) is 0 Å². The van der Waals surface area contributed by atoms with Crippen LogP contribution < -0.4 is 10.6 Å². The van der Waals surface area contributed by atoms with E-state index in [9.17, 15) is 4.79 Å². The lowest BCUT2D eigenvalue weighted by Crippen LogP contribution is -2.30. The maximum atomic E-state index is 11.5. The fourth-order valence-electron chi connectivity index (χ4n) is 1.53. The average molecular weight is 299 g/mol. The number of hydrogen-bond acceptors (Lipinski definition) is 2. The van der Waals surface area contributed by atoms with Crippen LogP contribution in [0.5, 0.6) is 0 Å². The minimum absolute atomic E-state index is 0.0387. The Labute approximate surface area is 111 Å². The zero-order chi connectivity index (χ0) is 12.7. The van der Waals surface area contributed by atoms with E-state index >= 15 is 0 Å². The zero-order valence-corrected chi connectivity index (χ0v) is 11.9. The first-order chi connectivity index (χ1) is 8.17. The highest BCUT2D eigenvalue weighted by atomic mass is 79.9. The second-order valence-electron chi connectivity index (χ2n) is 3.86. The van der Waals surface area contributed by atoms with Crippen molar-refractivity contribution in [2.24, 2.45) is 0 Å². The van der Waals surface area contributed by atoms with Crippen LogP contribution in [0.1, 0.15) is 25.8 Å². The Bertz CT molecular complexity index is 380. The van der Waals surface area contributed by atoms with Crippen molar-refractivity contribution >= 4 is 27.5 Å². The molecule has 1 rings (SSSR count). The summed E-state index contributed by atoms with van der Waals surface area (Å²) in [6.07, 6.45) is 1.91. The molecule has 0 saturated carbocycles. The summed E-state index contributed by atoms with van der Waals surface area (Å²) in [5.74, 6) is 0.0387. The Morgan fingerprint density at radius 2 is 2.12 bits per heavy atom. The first-order valence-corrected chi connectivity index (χ1v) is 6.75. The summed E-state index contributed by atoms with van der Waals surface area (Å²) in [4.78, 5) is 11.5. The van der Waals surface area contributed by atoms with Crippen molar-refractivity contribution in [1.82, 2.24) is 5.32 Å². The molecule has 0 saturated heterocycles. The molecule has 17 heavy (non-hydrogen) atoms. The lowest BCUT2D eigenvalue weighted by atomic mass is 10.1. The number of carbonyl (C=O) groups excluding carboxylic acids is 1. The van der Waals surface area contributed by atoms with Gasteiger partial charge in [0.1, 0.15) is 0 Å². The molecule has 2 N–H and O–H groups in total. The molecular weight excluding hydrogens is 280 g/mol. The predicted octanol–water partition coefficient (Wildman–Crippen LogP) is 2.95. The number of amides is 1. The Hall–Kier alpha value is -1.03. The molecule has 0 fully saturated rings. The number of nitrogens with one attached hydrogen (secondary N) is 2. The molecule has 0 spiro atoms. The summed E-state index contributed by atoms with van der Waals surface area (Å²) < 4.78 is 1.07.